The molecule has 1 saturated heterocycles. The van der Waals surface area contributed by atoms with Crippen LogP contribution in [0, 0.1) is 0 Å². The van der Waals surface area contributed by atoms with Crippen molar-refractivity contribution in [2.24, 2.45) is 0 Å². The van der Waals surface area contributed by atoms with E-state index < -0.39 is 10.0 Å². The van der Waals surface area contributed by atoms with Crippen LogP contribution in [0.2, 0.25) is 0 Å². The predicted octanol–water partition coefficient (Wildman–Crippen LogP) is 2.40. The van der Waals surface area contributed by atoms with Gasteiger partial charge in [0.25, 0.3) is 0 Å². The maximum absolute atomic E-state index is 12.8. The van der Waals surface area contributed by atoms with Crippen LogP contribution >= 0.6 is 0 Å². The van der Waals surface area contributed by atoms with Gasteiger partial charge in [0.2, 0.25) is 21.8 Å². The van der Waals surface area contributed by atoms with Gasteiger partial charge in [-0.1, -0.05) is 25.0 Å². The SMILES string of the molecule is O=C(CCc1ccc(S(=O)(=O)N2CCCCCC2)cc1)NCCC(=O)NCc1ccncc1. The molecule has 1 aromatic heterocycles. The molecule has 178 valence electrons. The molecule has 0 atom stereocenters. The third kappa shape index (κ3) is 7.94. The van der Waals surface area contributed by atoms with Gasteiger partial charge in [-0.15, -0.1) is 0 Å². The number of carbonyl (C=O) groups excluding carboxylic acids is 2. The van der Waals surface area contributed by atoms with Crippen molar-refractivity contribution in [3.05, 3.63) is 59.9 Å². The summed E-state index contributed by atoms with van der Waals surface area (Å²) in [5.74, 6) is -0.272. The second kappa shape index (κ2) is 12.5. The number of sulfonamides is 1. The smallest absolute Gasteiger partial charge is 0.243 e. The van der Waals surface area contributed by atoms with Gasteiger partial charge in [0.15, 0.2) is 0 Å². The Morgan fingerprint density at radius 1 is 0.818 bits per heavy atom. The lowest BCUT2D eigenvalue weighted by atomic mass is 10.1. The van der Waals surface area contributed by atoms with Gasteiger partial charge in [-0.2, -0.15) is 4.31 Å². The average molecular weight is 473 g/mol. The van der Waals surface area contributed by atoms with Crippen LogP contribution in [0.5, 0.6) is 0 Å². The lowest BCUT2D eigenvalue weighted by Crippen LogP contribution is -2.31. The van der Waals surface area contributed by atoms with E-state index in [0.717, 1.165) is 36.8 Å². The first-order chi connectivity index (χ1) is 15.9. The van der Waals surface area contributed by atoms with Gasteiger partial charge in [-0.3, -0.25) is 14.6 Å². The maximum Gasteiger partial charge on any atom is 0.243 e. The fourth-order valence-electron chi connectivity index (χ4n) is 3.71. The molecule has 0 aliphatic carbocycles. The first-order valence-electron chi connectivity index (χ1n) is 11.5. The number of nitrogens with one attached hydrogen (secondary N) is 2. The molecule has 2 heterocycles. The van der Waals surface area contributed by atoms with Crippen molar-refractivity contribution in [1.82, 2.24) is 19.9 Å². The third-order valence-electron chi connectivity index (χ3n) is 5.68. The van der Waals surface area contributed by atoms with Gasteiger partial charge in [0, 0.05) is 51.4 Å². The van der Waals surface area contributed by atoms with E-state index in [-0.39, 0.29) is 31.2 Å². The normalized spacial score (nSPS) is 14.9. The summed E-state index contributed by atoms with van der Waals surface area (Å²) >= 11 is 0. The number of pyridine rings is 1. The Kier molecular flexibility index (Phi) is 9.38. The summed E-state index contributed by atoms with van der Waals surface area (Å²) in [6.45, 7) is 1.85. The molecule has 1 fully saturated rings. The molecule has 9 heteroatoms. The molecule has 0 bridgehead atoms. The van der Waals surface area contributed by atoms with E-state index in [1.165, 1.54) is 0 Å². The summed E-state index contributed by atoms with van der Waals surface area (Å²) in [6.07, 6.45) is 8.28. The van der Waals surface area contributed by atoms with Gasteiger partial charge >= 0.3 is 0 Å². The van der Waals surface area contributed by atoms with Crippen LogP contribution in [-0.2, 0) is 32.6 Å². The minimum absolute atomic E-state index is 0.131. The van der Waals surface area contributed by atoms with Gasteiger partial charge in [0.1, 0.15) is 0 Å². The Bertz CT molecular complexity index is 1000. The third-order valence-corrected chi connectivity index (χ3v) is 7.59. The summed E-state index contributed by atoms with van der Waals surface area (Å²) in [5.41, 5.74) is 1.86. The molecule has 3 rings (SSSR count). The predicted molar refractivity (Wildman–Crippen MR) is 126 cm³/mol. The summed E-state index contributed by atoms with van der Waals surface area (Å²) in [7, 11) is -3.46. The molecule has 2 N–H and O–H groups in total. The first kappa shape index (κ1) is 24.9. The largest absolute Gasteiger partial charge is 0.356 e. The van der Waals surface area contributed by atoms with Crippen molar-refractivity contribution in [3.63, 3.8) is 0 Å². The van der Waals surface area contributed by atoms with Crippen LogP contribution in [0.3, 0.4) is 0 Å². The summed E-state index contributed by atoms with van der Waals surface area (Å²) < 4.78 is 27.3. The molecule has 0 saturated carbocycles. The number of hydrogen-bond acceptors (Lipinski definition) is 5. The molecule has 0 unspecified atom stereocenters. The Hall–Kier alpha value is -2.78. The van der Waals surface area contributed by atoms with Crippen LogP contribution in [0.25, 0.3) is 0 Å². The standard InChI is InChI=1S/C24H32N4O4S/c29-23(26-16-13-24(30)27-19-21-11-14-25-15-12-21)10-7-20-5-8-22(9-6-20)33(31,32)28-17-3-1-2-4-18-28/h5-6,8-9,11-12,14-15H,1-4,7,10,13,16-19H2,(H,26,29)(H,27,30). The van der Waals surface area contributed by atoms with Gasteiger partial charge in [0.05, 0.1) is 4.90 Å². The van der Waals surface area contributed by atoms with Gasteiger partial charge < -0.3 is 10.6 Å². The number of aryl methyl sites for hydroxylation is 1. The highest BCUT2D eigenvalue weighted by atomic mass is 32.2. The van der Waals surface area contributed by atoms with E-state index in [1.807, 2.05) is 12.1 Å². The molecular formula is C24H32N4O4S. The molecule has 1 aliphatic rings. The second-order valence-electron chi connectivity index (χ2n) is 8.19. The molecule has 1 aliphatic heterocycles. The van der Waals surface area contributed by atoms with Crippen LogP contribution in [0.1, 0.15) is 49.7 Å². The Morgan fingerprint density at radius 2 is 1.45 bits per heavy atom. The highest BCUT2D eigenvalue weighted by Crippen LogP contribution is 2.21. The zero-order chi connectivity index (χ0) is 23.5. The number of aromatic nitrogens is 1. The molecule has 0 spiro atoms. The fourth-order valence-corrected chi connectivity index (χ4v) is 5.23. The molecule has 2 amide bonds. The Morgan fingerprint density at radius 3 is 2.12 bits per heavy atom. The van der Waals surface area contributed by atoms with Gasteiger partial charge in [-0.25, -0.2) is 8.42 Å². The topological polar surface area (TPSA) is 108 Å². The van der Waals surface area contributed by atoms with E-state index in [4.69, 9.17) is 0 Å². The van der Waals surface area contributed by atoms with E-state index in [0.29, 0.717) is 31.0 Å². The van der Waals surface area contributed by atoms with Gasteiger partial charge in [-0.05, 0) is 54.7 Å². The minimum Gasteiger partial charge on any atom is -0.356 e. The molecule has 33 heavy (non-hydrogen) atoms. The number of benzene rings is 1. The molecular weight excluding hydrogens is 440 g/mol. The maximum atomic E-state index is 12.8. The summed E-state index contributed by atoms with van der Waals surface area (Å²) in [6, 6.07) is 10.5. The number of rotatable bonds is 10. The molecule has 8 nitrogen and oxygen atoms in total. The Labute approximate surface area is 195 Å². The fraction of sp³-hybridized carbons (Fsp3) is 0.458. The van der Waals surface area contributed by atoms with Crippen LogP contribution in [0.15, 0.2) is 53.7 Å². The summed E-state index contributed by atoms with van der Waals surface area (Å²) in [5, 5.41) is 5.56. The quantitative estimate of drug-likeness (QED) is 0.552. The second-order valence-corrected chi connectivity index (χ2v) is 10.1. The first-order valence-corrected chi connectivity index (χ1v) is 12.9. The lowest BCUT2D eigenvalue weighted by Gasteiger charge is -2.20. The van der Waals surface area contributed by atoms with E-state index in [9.17, 15) is 18.0 Å². The van der Waals surface area contributed by atoms with Crippen molar-refractivity contribution in [3.8, 4) is 0 Å². The molecule has 1 aromatic carbocycles. The highest BCUT2D eigenvalue weighted by Gasteiger charge is 2.24. The average Bonchev–Trinajstić information content (AvgIpc) is 3.13. The van der Waals surface area contributed by atoms with E-state index in [2.05, 4.69) is 15.6 Å². The van der Waals surface area contributed by atoms with Crippen molar-refractivity contribution in [2.75, 3.05) is 19.6 Å². The van der Waals surface area contributed by atoms with E-state index >= 15 is 0 Å². The zero-order valence-corrected chi connectivity index (χ0v) is 19.6. The molecule has 2 aromatic rings. The number of amides is 2. The van der Waals surface area contributed by atoms with Crippen molar-refractivity contribution in [2.45, 2.75) is 56.4 Å². The number of carbonyl (C=O) groups is 2. The summed E-state index contributed by atoms with van der Waals surface area (Å²) in [4.78, 5) is 28.2. The molecule has 0 radical (unpaired) electrons. The van der Waals surface area contributed by atoms with Crippen LogP contribution in [-0.4, -0.2) is 49.2 Å². The van der Waals surface area contributed by atoms with E-state index in [1.54, 1.807) is 41.0 Å². The lowest BCUT2D eigenvalue weighted by molar-refractivity contribution is -0.122. The van der Waals surface area contributed by atoms with Crippen molar-refractivity contribution < 1.29 is 18.0 Å². The van der Waals surface area contributed by atoms with Crippen molar-refractivity contribution in [1.29, 1.82) is 0 Å². The Balaban J connectivity index is 1.37. The number of nitrogens with zero attached hydrogens (tertiary/aromatic N) is 2. The van der Waals surface area contributed by atoms with Crippen LogP contribution in [0.4, 0.5) is 0 Å². The van der Waals surface area contributed by atoms with Crippen molar-refractivity contribution >= 4 is 21.8 Å². The minimum atomic E-state index is -3.46. The number of hydrogen-bond donors (Lipinski definition) is 2. The monoisotopic (exact) mass is 472 g/mol. The van der Waals surface area contributed by atoms with Crippen LogP contribution < -0.4 is 10.6 Å². The highest BCUT2D eigenvalue weighted by molar-refractivity contribution is 7.89. The zero-order valence-electron chi connectivity index (χ0n) is 18.8.